The fraction of sp³-hybridized carbons (Fsp3) is 0.667. The number of hydrogen-bond acceptors (Lipinski definition) is 2. The highest BCUT2D eigenvalue weighted by atomic mass is 16.4. The summed E-state index contributed by atoms with van der Waals surface area (Å²) in [6.45, 7) is 3.46. The Kier molecular flexibility index (Phi) is 3.46. The number of nitrogens with one attached hydrogen (secondary N) is 1. The molecule has 0 spiro atoms. The van der Waals surface area contributed by atoms with Crippen molar-refractivity contribution >= 4 is 12.4 Å². The summed E-state index contributed by atoms with van der Waals surface area (Å²) in [5.41, 5.74) is 0. The Hall–Kier alpha value is -1.06. The zero-order chi connectivity index (χ0) is 8.15. The molecule has 0 aliphatic carbocycles. The van der Waals surface area contributed by atoms with Gasteiger partial charge in [-0.3, -0.25) is 4.79 Å². The zero-order valence-electron chi connectivity index (χ0n) is 6.00. The van der Waals surface area contributed by atoms with Crippen LogP contribution in [-0.2, 0) is 9.59 Å². The minimum Gasteiger partial charge on any atom is -0.480 e. The first-order chi connectivity index (χ1) is 4.59. The van der Waals surface area contributed by atoms with Crippen molar-refractivity contribution in [1.82, 2.24) is 5.32 Å². The van der Waals surface area contributed by atoms with Gasteiger partial charge in [0.15, 0.2) is 0 Å². The topological polar surface area (TPSA) is 66.4 Å². The highest BCUT2D eigenvalue weighted by molar-refractivity contribution is 5.76. The van der Waals surface area contributed by atoms with Crippen LogP contribution < -0.4 is 5.32 Å². The predicted octanol–water partition coefficient (Wildman–Crippen LogP) is -0.158. The second kappa shape index (κ2) is 3.87. The molecule has 0 fully saturated rings. The van der Waals surface area contributed by atoms with Gasteiger partial charge in [-0.1, -0.05) is 13.8 Å². The third-order valence-corrected chi connectivity index (χ3v) is 1.18. The Morgan fingerprint density at radius 2 is 2.10 bits per heavy atom. The second-order valence-corrected chi connectivity index (χ2v) is 2.34. The summed E-state index contributed by atoms with van der Waals surface area (Å²) in [6, 6.07) is -0.766. The van der Waals surface area contributed by atoms with E-state index in [1.165, 1.54) is 0 Å². The highest BCUT2D eigenvalue weighted by Crippen LogP contribution is 1.99. The molecule has 4 nitrogen and oxygen atoms in total. The van der Waals surface area contributed by atoms with Crippen molar-refractivity contribution in [2.45, 2.75) is 19.9 Å². The smallest absolute Gasteiger partial charge is 0.326 e. The molecule has 0 aromatic rings. The van der Waals surface area contributed by atoms with Gasteiger partial charge in [0.1, 0.15) is 6.04 Å². The van der Waals surface area contributed by atoms with E-state index >= 15 is 0 Å². The van der Waals surface area contributed by atoms with E-state index in [1.54, 1.807) is 13.8 Å². The third-order valence-electron chi connectivity index (χ3n) is 1.18. The van der Waals surface area contributed by atoms with Gasteiger partial charge in [-0.25, -0.2) is 4.79 Å². The Labute approximate surface area is 59.2 Å². The number of rotatable bonds is 4. The van der Waals surface area contributed by atoms with Gasteiger partial charge in [0.05, 0.1) is 0 Å². The van der Waals surface area contributed by atoms with E-state index in [0.29, 0.717) is 6.41 Å². The van der Waals surface area contributed by atoms with Gasteiger partial charge in [-0.2, -0.15) is 0 Å². The zero-order valence-corrected chi connectivity index (χ0v) is 6.00. The summed E-state index contributed by atoms with van der Waals surface area (Å²) in [5.74, 6) is -1.08. The Balaban J connectivity index is 3.97. The van der Waals surface area contributed by atoms with Crippen molar-refractivity contribution in [3.63, 3.8) is 0 Å². The van der Waals surface area contributed by atoms with E-state index in [4.69, 9.17) is 5.11 Å². The van der Waals surface area contributed by atoms with E-state index in [1.807, 2.05) is 0 Å². The van der Waals surface area contributed by atoms with E-state index in [2.05, 4.69) is 5.32 Å². The molecule has 0 saturated heterocycles. The quantitative estimate of drug-likeness (QED) is 0.540. The molecule has 0 saturated carbocycles. The summed E-state index contributed by atoms with van der Waals surface area (Å²) < 4.78 is 0. The summed E-state index contributed by atoms with van der Waals surface area (Å²) in [5, 5.41) is 10.7. The molecule has 0 aliphatic rings. The fourth-order valence-corrected chi connectivity index (χ4v) is 0.622. The van der Waals surface area contributed by atoms with E-state index < -0.39 is 12.0 Å². The molecular formula is C6H11NO3. The Bertz CT molecular complexity index is 133. The molecular weight excluding hydrogens is 134 g/mol. The predicted molar refractivity (Wildman–Crippen MR) is 35.5 cm³/mol. The monoisotopic (exact) mass is 145 g/mol. The van der Waals surface area contributed by atoms with Crippen molar-refractivity contribution in [2.75, 3.05) is 0 Å². The summed E-state index contributed by atoms with van der Waals surface area (Å²) in [7, 11) is 0. The van der Waals surface area contributed by atoms with Gasteiger partial charge < -0.3 is 10.4 Å². The van der Waals surface area contributed by atoms with Crippen molar-refractivity contribution in [2.24, 2.45) is 5.92 Å². The first kappa shape index (κ1) is 8.94. The van der Waals surface area contributed by atoms with Crippen molar-refractivity contribution < 1.29 is 14.7 Å². The molecule has 0 aromatic heterocycles. The first-order valence-electron chi connectivity index (χ1n) is 3.02. The minimum absolute atomic E-state index is 0.0808. The molecule has 2 N–H and O–H groups in total. The molecule has 10 heavy (non-hydrogen) atoms. The van der Waals surface area contributed by atoms with Gasteiger partial charge in [0, 0.05) is 0 Å². The van der Waals surface area contributed by atoms with Crippen LogP contribution in [0, 0.1) is 5.92 Å². The lowest BCUT2D eigenvalue weighted by Gasteiger charge is -2.13. The van der Waals surface area contributed by atoms with Crippen LogP contribution >= 0.6 is 0 Å². The van der Waals surface area contributed by atoms with Crippen molar-refractivity contribution in [3.05, 3.63) is 0 Å². The maximum absolute atomic E-state index is 10.3. The first-order valence-corrected chi connectivity index (χ1v) is 3.02. The molecule has 0 aromatic carbocycles. The standard InChI is InChI=1S/C6H11NO3/c1-4(2)5(6(9)10)7-3-8/h3-5H,1-2H3,(H,7,8)(H,9,10). The Morgan fingerprint density at radius 3 is 2.20 bits per heavy atom. The van der Waals surface area contributed by atoms with Crippen LogP contribution in [0.1, 0.15) is 13.8 Å². The molecule has 0 rings (SSSR count). The molecule has 58 valence electrons. The summed E-state index contributed by atoms with van der Waals surface area (Å²) in [6.07, 6.45) is 0.402. The number of carboxylic acid groups (broad SMARTS) is 1. The average Bonchev–Trinajstić information content (AvgIpc) is 1.81. The van der Waals surface area contributed by atoms with Gasteiger partial charge in [-0.15, -0.1) is 0 Å². The average molecular weight is 145 g/mol. The molecule has 0 heterocycles. The molecule has 0 radical (unpaired) electrons. The van der Waals surface area contributed by atoms with Crippen molar-refractivity contribution in [3.8, 4) is 0 Å². The number of carbonyl (C=O) groups is 2. The van der Waals surface area contributed by atoms with Crippen LogP contribution in [0.2, 0.25) is 0 Å². The van der Waals surface area contributed by atoms with Gasteiger partial charge >= 0.3 is 5.97 Å². The molecule has 1 amide bonds. The van der Waals surface area contributed by atoms with Gasteiger partial charge in [-0.05, 0) is 5.92 Å². The Morgan fingerprint density at radius 1 is 1.60 bits per heavy atom. The molecule has 0 aliphatic heterocycles. The lowest BCUT2D eigenvalue weighted by molar-refractivity contribution is -0.141. The van der Waals surface area contributed by atoms with Crippen LogP contribution in [0.25, 0.3) is 0 Å². The van der Waals surface area contributed by atoms with E-state index in [-0.39, 0.29) is 5.92 Å². The van der Waals surface area contributed by atoms with Crippen molar-refractivity contribution in [1.29, 1.82) is 0 Å². The van der Waals surface area contributed by atoms with Gasteiger partial charge in [0.2, 0.25) is 6.41 Å². The van der Waals surface area contributed by atoms with Crippen LogP contribution in [0.4, 0.5) is 0 Å². The second-order valence-electron chi connectivity index (χ2n) is 2.34. The van der Waals surface area contributed by atoms with Crippen LogP contribution in [0.3, 0.4) is 0 Å². The molecule has 4 heteroatoms. The molecule has 1 unspecified atom stereocenters. The maximum Gasteiger partial charge on any atom is 0.326 e. The fourth-order valence-electron chi connectivity index (χ4n) is 0.622. The van der Waals surface area contributed by atoms with Crippen LogP contribution in [-0.4, -0.2) is 23.5 Å². The number of carboxylic acids is 1. The minimum atomic E-state index is -0.998. The molecule has 1 atom stereocenters. The number of hydrogen-bond donors (Lipinski definition) is 2. The summed E-state index contributed by atoms with van der Waals surface area (Å²) >= 11 is 0. The highest BCUT2D eigenvalue weighted by Gasteiger charge is 2.19. The lowest BCUT2D eigenvalue weighted by atomic mass is 10.1. The van der Waals surface area contributed by atoms with Crippen LogP contribution in [0.5, 0.6) is 0 Å². The van der Waals surface area contributed by atoms with Crippen LogP contribution in [0.15, 0.2) is 0 Å². The SMILES string of the molecule is CC(C)C(NC=O)C(=O)O. The normalized spacial score (nSPS) is 12.7. The summed E-state index contributed by atoms with van der Waals surface area (Å²) in [4.78, 5) is 20.2. The number of aliphatic carboxylic acids is 1. The lowest BCUT2D eigenvalue weighted by Crippen LogP contribution is -2.39. The van der Waals surface area contributed by atoms with E-state index in [0.717, 1.165) is 0 Å². The third kappa shape index (κ3) is 2.48. The largest absolute Gasteiger partial charge is 0.480 e. The van der Waals surface area contributed by atoms with Gasteiger partial charge in [0.25, 0.3) is 0 Å². The van der Waals surface area contributed by atoms with E-state index in [9.17, 15) is 9.59 Å². The molecule has 0 bridgehead atoms. The number of carbonyl (C=O) groups excluding carboxylic acids is 1. The maximum atomic E-state index is 10.3. The number of amides is 1.